The summed E-state index contributed by atoms with van der Waals surface area (Å²) < 4.78 is 0. The van der Waals surface area contributed by atoms with E-state index in [0.717, 1.165) is 10.9 Å². The van der Waals surface area contributed by atoms with E-state index in [2.05, 4.69) is 10.3 Å². The zero-order valence-corrected chi connectivity index (χ0v) is 8.78. The van der Waals surface area contributed by atoms with Crippen molar-refractivity contribution in [2.24, 2.45) is 0 Å². The van der Waals surface area contributed by atoms with E-state index in [9.17, 15) is 9.59 Å². The SMILES string of the molecule is N=C1C(=O)NC(=O)[C@@H]1c1c[nH]c2ccccc12. The highest BCUT2D eigenvalue weighted by molar-refractivity contribution is 6.51. The number of nitrogens with one attached hydrogen (secondary N) is 3. The normalized spacial score (nSPS) is 20.0. The van der Waals surface area contributed by atoms with Crippen molar-refractivity contribution in [3.8, 4) is 0 Å². The Hall–Kier alpha value is -2.43. The van der Waals surface area contributed by atoms with Gasteiger partial charge in [-0.2, -0.15) is 0 Å². The van der Waals surface area contributed by atoms with E-state index in [-0.39, 0.29) is 5.71 Å². The van der Waals surface area contributed by atoms with E-state index in [1.165, 1.54) is 0 Å². The molecule has 2 aromatic rings. The van der Waals surface area contributed by atoms with Crippen LogP contribution >= 0.6 is 0 Å². The second-order valence-corrected chi connectivity index (χ2v) is 3.95. The molecular weight excluding hydrogens is 218 g/mol. The van der Waals surface area contributed by atoms with Gasteiger partial charge in [0.15, 0.2) is 0 Å². The maximum atomic E-state index is 11.7. The molecule has 1 aromatic carbocycles. The predicted octanol–water partition coefficient (Wildman–Crippen LogP) is 0.928. The van der Waals surface area contributed by atoms with Crippen LogP contribution in [-0.4, -0.2) is 22.5 Å². The molecular formula is C12H9N3O2. The number of carbonyl (C=O) groups is 2. The summed E-state index contributed by atoms with van der Waals surface area (Å²) in [5.41, 5.74) is 1.37. The van der Waals surface area contributed by atoms with Crippen LogP contribution in [0.2, 0.25) is 0 Å². The lowest BCUT2D eigenvalue weighted by Gasteiger charge is -2.04. The molecule has 1 aromatic heterocycles. The quantitative estimate of drug-likeness (QED) is 0.633. The number of benzene rings is 1. The monoisotopic (exact) mass is 227 g/mol. The number of aromatic amines is 1. The van der Waals surface area contributed by atoms with Crippen molar-refractivity contribution in [2.45, 2.75) is 5.92 Å². The van der Waals surface area contributed by atoms with Crippen LogP contribution in [0, 0.1) is 5.41 Å². The summed E-state index contributed by atoms with van der Waals surface area (Å²) >= 11 is 0. The molecule has 0 unspecified atom stereocenters. The van der Waals surface area contributed by atoms with Gasteiger partial charge in [0.2, 0.25) is 5.91 Å². The molecule has 5 heteroatoms. The lowest BCUT2D eigenvalue weighted by molar-refractivity contribution is -0.124. The first-order chi connectivity index (χ1) is 8.18. The third-order valence-corrected chi connectivity index (χ3v) is 2.96. The summed E-state index contributed by atoms with van der Waals surface area (Å²) in [6, 6.07) is 7.49. The fraction of sp³-hybridized carbons (Fsp3) is 0.0833. The number of imide groups is 1. The van der Waals surface area contributed by atoms with Crippen LogP contribution in [0.4, 0.5) is 0 Å². The molecule has 17 heavy (non-hydrogen) atoms. The minimum absolute atomic E-state index is 0.195. The molecule has 1 aliphatic heterocycles. The highest BCUT2D eigenvalue weighted by Gasteiger charge is 2.39. The van der Waals surface area contributed by atoms with Gasteiger partial charge in [-0.1, -0.05) is 18.2 Å². The van der Waals surface area contributed by atoms with Crippen molar-refractivity contribution in [2.75, 3.05) is 0 Å². The molecule has 2 amide bonds. The lowest BCUT2D eigenvalue weighted by atomic mass is 9.95. The Morgan fingerprint density at radius 1 is 1.18 bits per heavy atom. The second kappa shape index (κ2) is 3.28. The van der Waals surface area contributed by atoms with Crippen LogP contribution in [0.5, 0.6) is 0 Å². The Balaban J connectivity index is 2.19. The highest BCUT2D eigenvalue weighted by atomic mass is 16.2. The van der Waals surface area contributed by atoms with Crippen LogP contribution < -0.4 is 5.32 Å². The fourth-order valence-corrected chi connectivity index (χ4v) is 2.14. The van der Waals surface area contributed by atoms with Crippen molar-refractivity contribution in [1.29, 1.82) is 5.41 Å². The van der Waals surface area contributed by atoms with E-state index in [0.29, 0.717) is 5.56 Å². The third-order valence-electron chi connectivity index (χ3n) is 2.96. The van der Waals surface area contributed by atoms with Gasteiger partial charge in [0, 0.05) is 17.1 Å². The van der Waals surface area contributed by atoms with Gasteiger partial charge in [0.1, 0.15) is 11.6 Å². The molecule has 0 radical (unpaired) electrons. The number of hydrogen-bond acceptors (Lipinski definition) is 3. The zero-order chi connectivity index (χ0) is 12.0. The lowest BCUT2D eigenvalue weighted by Crippen LogP contribution is -2.21. The smallest absolute Gasteiger partial charge is 0.272 e. The number of aromatic nitrogens is 1. The highest BCUT2D eigenvalue weighted by Crippen LogP contribution is 2.28. The van der Waals surface area contributed by atoms with Crippen molar-refractivity contribution in [1.82, 2.24) is 10.3 Å². The van der Waals surface area contributed by atoms with Crippen molar-refractivity contribution in [3.05, 3.63) is 36.0 Å². The maximum Gasteiger partial charge on any atom is 0.272 e. The van der Waals surface area contributed by atoms with Crippen LogP contribution in [0.15, 0.2) is 30.5 Å². The topological polar surface area (TPSA) is 85.8 Å². The molecule has 1 fully saturated rings. The molecule has 0 spiro atoms. The molecule has 1 saturated heterocycles. The number of para-hydroxylation sites is 1. The Morgan fingerprint density at radius 3 is 2.65 bits per heavy atom. The third kappa shape index (κ3) is 1.29. The fourth-order valence-electron chi connectivity index (χ4n) is 2.14. The van der Waals surface area contributed by atoms with E-state index < -0.39 is 17.7 Å². The van der Waals surface area contributed by atoms with Crippen molar-refractivity contribution >= 4 is 28.4 Å². The number of amides is 2. The molecule has 3 N–H and O–H groups in total. The van der Waals surface area contributed by atoms with Gasteiger partial charge >= 0.3 is 0 Å². The first-order valence-corrected chi connectivity index (χ1v) is 5.18. The van der Waals surface area contributed by atoms with Gasteiger partial charge in [-0.15, -0.1) is 0 Å². The summed E-state index contributed by atoms with van der Waals surface area (Å²) in [6.07, 6.45) is 1.68. The molecule has 2 heterocycles. The van der Waals surface area contributed by atoms with Crippen molar-refractivity contribution in [3.63, 3.8) is 0 Å². The van der Waals surface area contributed by atoms with Gasteiger partial charge in [-0.05, 0) is 11.6 Å². The predicted molar refractivity (Wildman–Crippen MR) is 61.9 cm³/mol. The summed E-state index contributed by atoms with van der Waals surface area (Å²) in [6.45, 7) is 0. The Bertz CT molecular complexity index is 657. The number of rotatable bonds is 1. The summed E-state index contributed by atoms with van der Waals surface area (Å²) in [7, 11) is 0. The van der Waals surface area contributed by atoms with Gasteiger partial charge < -0.3 is 4.98 Å². The summed E-state index contributed by atoms with van der Waals surface area (Å²) in [5.74, 6) is -1.83. The Morgan fingerprint density at radius 2 is 1.94 bits per heavy atom. The van der Waals surface area contributed by atoms with Gasteiger partial charge in [0.25, 0.3) is 5.91 Å². The molecule has 1 aliphatic rings. The van der Waals surface area contributed by atoms with E-state index in [1.807, 2.05) is 24.3 Å². The number of hydrogen-bond donors (Lipinski definition) is 3. The molecule has 84 valence electrons. The first kappa shape index (κ1) is 9.77. The molecule has 3 rings (SSSR count). The largest absolute Gasteiger partial charge is 0.361 e. The van der Waals surface area contributed by atoms with Crippen molar-refractivity contribution < 1.29 is 9.59 Å². The summed E-state index contributed by atoms with van der Waals surface area (Å²) in [4.78, 5) is 25.9. The van der Waals surface area contributed by atoms with Gasteiger partial charge in [-0.25, -0.2) is 0 Å². The first-order valence-electron chi connectivity index (χ1n) is 5.18. The van der Waals surface area contributed by atoms with Crippen LogP contribution in [-0.2, 0) is 9.59 Å². The standard InChI is InChI=1S/C12H9N3O2/c13-10-9(11(16)15-12(10)17)7-5-14-8-4-2-1-3-6(7)8/h1-5,9,13-14H,(H,15,16,17)/t9-/m1/s1. The van der Waals surface area contributed by atoms with Crippen LogP contribution in [0.3, 0.4) is 0 Å². The average molecular weight is 227 g/mol. The van der Waals surface area contributed by atoms with E-state index in [4.69, 9.17) is 5.41 Å². The second-order valence-electron chi connectivity index (χ2n) is 3.95. The molecule has 1 atom stereocenters. The minimum Gasteiger partial charge on any atom is -0.361 e. The zero-order valence-electron chi connectivity index (χ0n) is 8.78. The molecule has 5 nitrogen and oxygen atoms in total. The van der Waals surface area contributed by atoms with Crippen LogP contribution in [0.1, 0.15) is 11.5 Å². The van der Waals surface area contributed by atoms with Crippen LogP contribution in [0.25, 0.3) is 10.9 Å². The molecule has 0 aliphatic carbocycles. The average Bonchev–Trinajstić information content (AvgIpc) is 2.82. The number of carbonyl (C=O) groups excluding carboxylic acids is 2. The van der Waals surface area contributed by atoms with Gasteiger partial charge in [0.05, 0.1) is 0 Å². The Labute approximate surface area is 96.3 Å². The summed E-state index contributed by atoms with van der Waals surface area (Å²) in [5, 5.41) is 10.7. The van der Waals surface area contributed by atoms with E-state index >= 15 is 0 Å². The molecule has 0 saturated carbocycles. The number of H-pyrrole nitrogens is 1. The minimum atomic E-state index is -0.793. The maximum absolute atomic E-state index is 11.7. The Kier molecular flexibility index (Phi) is 1.89. The number of fused-ring (bicyclic) bond motifs is 1. The van der Waals surface area contributed by atoms with E-state index in [1.54, 1.807) is 6.20 Å². The molecule has 0 bridgehead atoms. The van der Waals surface area contributed by atoms with Gasteiger partial charge in [-0.3, -0.25) is 20.3 Å².